The molecule has 0 fully saturated rings. The summed E-state index contributed by atoms with van der Waals surface area (Å²) in [5, 5.41) is 10.7. The smallest absolute Gasteiger partial charge is 0.270 e. The van der Waals surface area contributed by atoms with Crippen LogP contribution < -0.4 is 10.7 Å². The number of nitro groups is 1. The number of hydrogen-bond donors (Lipinski definition) is 1. The lowest BCUT2D eigenvalue weighted by Gasteiger charge is -2.15. The molecule has 0 aliphatic heterocycles. The minimum atomic E-state index is -0.465. The standard InChI is InChI=1S/C13H20N4O3/c1-3-16(4-2)8-7-15-10-11-9-12(17(18)19)5-6-13(11)20-14/h5-6,9-10H,3-4,7-8,14H2,1-2H3/b15-10+. The molecule has 0 radical (unpaired) electrons. The summed E-state index contributed by atoms with van der Waals surface area (Å²) >= 11 is 0. The van der Waals surface area contributed by atoms with E-state index in [9.17, 15) is 10.1 Å². The van der Waals surface area contributed by atoms with E-state index in [1.807, 2.05) is 0 Å². The van der Waals surface area contributed by atoms with Crippen LogP contribution in [-0.2, 0) is 0 Å². The number of nitro benzene ring substituents is 1. The summed E-state index contributed by atoms with van der Waals surface area (Å²) in [7, 11) is 0. The van der Waals surface area contributed by atoms with Gasteiger partial charge in [-0.1, -0.05) is 13.8 Å². The third-order valence-corrected chi connectivity index (χ3v) is 3.00. The predicted molar refractivity (Wildman–Crippen MR) is 78.2 cm³/mol. The van der Waals surface area contributed by atoms with Crippen LogP contribution in [0.5, 0.6) is 5.75 Å². The van der Waals surface area contributed by atoms with Gasteiger partial charge in [0.25, 0.3) is 5.69 Å². The van der Waals surface area contributed by atoms with Gasteiger partial charge in [0.15, 0.2) is 5.75 Å². The molecule has 0 bridgehead atoms. The molecule has 0 unspecified atom stereocenters. The second kappa shape index (κ2) is 8.23. The largest absolute Gasteiger partial charge is 0.411 e. The molecule has 0 atom stereocenters. The lowest BCUT2D eigenvalue weighted by Crippen LogP contribution is -2.25. The minimum Gasteiger partial charge on any atom is -0.411 e. The van der Waals surface area contributed by atoms with E-state index in [0.717, 1.165) is 19.6 Å². The SMILES string of the molecule is CCN(CC)CC/N=C/c1cc([N+](=O)[O-])ccc1ON. The van der Waals surface area contributed by atoms with E-state index in [4.69, 9.17) is 5.90 Å². The van der Waals surface area contributed by atoms with Crippen LogP contribution in [0.25, 0.3) is 0 Å². The molecule has 0 aliphatic carbocycles. The van der Waals surface area contributed by atoms with Crippen LogP contribution in [-0.4, -0.2) is 42.2 Å². The molecule has 0 saturated heterocycles. The van der Waals surface area contributed by atoms with Gasteiger partial charge in [0.2, 0.25) is 0 Å². The number of nitrogens with two attached hydrogens (primary N) is 1. The van der Waals surface area contributed by atoms with E-state index in [2.05, 4.69) is 28.6 Å². The molecule has 0 spiro atoms. The summed E-state index contributed by atoms with van der Waals surface area (Å²) in [5.41, 5.74) is 0.484. The van der Waals surface area contributed by atoms with Gasteiger partial charge in [-0.15, -0.1) is 0 Å². The molecule has 2 N–H and O–H groups in total. The van der Waals surface area contributed by atoms with Gasteiger partial charge < -0.3 is 9.74 Å². The second-order valence-corrected chi connectivity index (χ2v) is 4.16. The van der Waals surface area contributed by atoms with E-state index in [1.54, 1.807) is 6.21 Å². The van der Waals surface area contributed by atoms with Crippen molar-refractivity contribution in [3.05, 3.63) is 33.9 Å². The summed E-state index contributed by atoms with van der Waals surface area (Å²) in [6.07, 6.45) is 1.55. The maximum atomic E-state index is 10.7. The number of nitrogens with zero attached hydrogens (tertiary/aromatic N) is 3. The van der Waals surface area contributed by atoms with Gasteiger partial charge in [0.05, 0.1) is 11.5 Å². The fourth-order valence-corrected chi connectivity index (χ4v) is 1.76. The zero-order valence-electron chi connectivity index (χ0n) is 11.8. The van der Waals surface area contributed by atoms with Crippen molar-refractivity contribution in [2.24, 2.45) is 10.9 Å². The molecule has 110 valence electrons. The first-order valence-electron chi connectivity index (χ1n) is 6.49. The van der Waals surface area contributed by atoms with Gasteiger partial charge in [-0.25, -0.2) is 0 Å². The molecule has 0 aromatic heterocycles. The van der Waals surface area contributed by atoms with Gasteiger partial charge in [-0.3, -0.25) is 15.1 Å². The van der Waals surface area contributed by atoms with Crippen molar-refractivity contribution in [3.63, 3.8) is 0 Å². The van der Waals surface area contributed by atoms with Gasteiger partial charge in [0, 0.05) is 30.5 Å². The quantitative estimate of drug-likeness (QED) is 0.443. The predicted octanol–water partition coefficient (Wildman–Crippen LogP) is 1.61. The van der Waals surface area contributed by atoms with Crippen LogP contribution in [0.2, 0.25) is 0 Å². The average molecular weight is 280 g/mol. The third-order valence-electron chi connectivity index (χ3n) is 3.00. The maximum absolute atomic E-state index is 10.7. The number of hydrogen-bond acceptors (Lipinski definition) is 6. The van der Waals surface area contributed by atoms with Gasteiger partial charge in [-0.2, -0.15) is 5.90 Å². The van der Waals surface area contributed by atoms with Crippen molar-refractivity contribution in [2.75, 3.05) is 26.2 Å². The Morgan fingerprint density at radius 1 is 1.45 bits per heavy atom. The molecule has 1 aromatic carbocycles. The van der Waals surface area contributed by atoms with Crippen LogP contribution >= 0.6 is 0 Å². The van der Waals surface area contributed by atoms with Crippen LogP contribution in [0.15, 0.2) is 23.2 Å². The van der Waals surface area contributed by atoms with Crippen molar-refractivity contribution in [3.8, 4) is 5.75 Å². The Morgan fingerprint density at radius 2 is 2.15 bits per heavy atom. The van der Waals surface area contributed by atoms with Crippen molar-refractivity contribution in [2.45, 2.75) is 13.8 Å². The fraction of sp³-hybridized carbons (Fsp3) is 0.462. The molecule has 0 heterocycles. The number of rotatable bonds is 8. The van der Waals surface area contributed by atoms with Crippen LogP contribution in [0, 0.1) is 10.1 Å². The van der Waals surface area contributed by atoms with Gasteiger partial charge in [0.1, 0.15) is 0 Å². The number of non-ortho nitro benzene ring substituents is 1. The second-order valence-electron chi connectivity index (χ2n) is 4.16. The summed E-state index contributed by atoms with van der Waals surface area (Å²) in [5.74, 6) is 5.50. The maximum Gasteiger partial charge on any atom is 0.270 e. The molecular weight excluding hydrogens is 260 g/mol. The molecular formula is C13H20N4O3. The Kier molecular flexibility index (Phi) is 6.61. The summed E-state index contributed by atoms with van der Waals surface area (Å²) < 4.78 is 0. The monoisotopic (exact) mass is 280 g/mol. The van der Waals surface area contributed by atoms with Crippen molar-refractivity contribution in [1.29, 1.82) is 0 Å². The summed E-state index contributed by atoms with van der Waals surface area (Å²) in [6.45, 7) is 7.59. The normalized spacial score (nSPS) is 11.2. The number of likely N-dealkylation sites (N-methyl/N-ethyl adjacent to an activating group) is 1. The first-order valence-corrected chi connectivity index (χ1v) is 6.49. The van der Waals surface area contributed by atoms with Crippen molar-refractivity contribution >= 4 is 11.9 Å². The molecule has 0 aliphatic rings. The summed E-state index contributed by atoms with van der Waals surface area (Å²) in [4.78, 5) is 21.4. The molecule has 7 nitrogen and oxygen atoms in total. The topological polar surface area (TPSA) is 94.0 Å². The Labute approximate surface area is 118 Å². The van der Waals surface area contributed by atoms with Crippen molar-refractivity contribution < 1.29 is 9.76 Å². The minimum absolute atomic E-state index is 0.0176. The van der Waals surface area contributed by atoms with Gasteiger partial charge >= 0.3 is 0 Å². The highest BCUT2D eigenvalue weighted by Gasteiger charge is 2.10. The van der Waals surface area contributed by atoms with E-state index < -0.39 is 4.92 Å². The van der Waals surface area contributed by atoms with Crippen LogP contribution in [0.4, 0.5) is 5.69 Å². The molecule has 1 aromatic rings. The van der Waals surface area contributed by atoms with Crippen molar-refractivity contribution in [1.82, 2.24) is 4.90 Å². The molecule has 20 heavy (non-hydrogen) atoms. The fourth-order valence-electron chi connectivity index (χ4n) is 1.76. The average Bonchev–Trinajstić information content (AvgIpc) is 2.47. The number of benzene rings is 1. The molecule has 0 amide bonds. The third kappa shape index (κ3) is 4.60. The van der Waals surface area contributed by atoms with Gasteiger partial charge in [-0.05, 0) is 19.2 Å². The lowest BCUT2D eigenvalue weighted by molar-refractivity contribution is -0.384. The van der Waals surface area contributed by atoms with E-state index in [1.165, 1.54) is 18.2 Å². The Morgan fingerprint density at radius 3 is 2.70 bits per heavy atom. The first kappa shape index (κ1) is 16.1. The van der Waals surface area contributed by atoms with Crippen LogP contribution in [0.3, 0.4) is 0 Å². The van der Waals surface area contributed by atoms with E-state index >= 15 is 0 Å². The highest BCUT2D eigenvalue weighted by Crippen LogP contribution is 2.21. The van der Waals surface area contributed by atoms with E-state index in [0.29, 0.717) is 17.9 Å². The summed E-state index contributed by atoms with van der Waals surface area (Å²) in [6, 6.07) is 4.20. The Hall–Kier alpha value is -1.99. The molecule has 0 saturated carbocycles. The Bertz CT molecular complexity index is 473. The number of aliphatic imine (C=N–C) groups is 1. The van der Waals surface area contributed by atoms with E-state index in [-0.39, 0.29) is 5.69 Å². The molecule has 7 heteroatoms. The lowest BCUT2D eigenvalue weighted by atomic mass is 10.2. The highest BCUT2D eigenvalue weighted by molar-refractivity contribution is 5.84. The first-order chi connectivity index (χ1) is 9.62. The van der Waals surface area contributed by atoms with Crippen LogP contribution in [0.1, 0.15) is 19.4 Å². The highest BCUT2D eigenvalue weighted by atomic mass is 16.6. The molecule has 1 rings (SSSR count). The zero-order chi connectivity index (χ0) is 15.0. The zero-order valence-corrected chi connectivity index (χ0v) is 11.8. The Balaban J connectivity index is 2.74.